The number of carbonyl (C=O) groups is 4. The molecule has 8 rings (SSSR count). The van der Waals surface area contributed by atoms with Gasteiger partial charge >= 0.3 is 6.09 Å². The Kier molecular flexibility index (Phi) is 13.8. The summed E-state index contributed by atoms with van der Waals surface area (Å²) in [5, 5.41) is 19.3. The van der Waals surface area contributed by atoms with E-state index in [2.05, 4.69) is 78.3 Å². The number of carboxylic acid groups (broad SMARTS) is 1. The fraction of sp³-hybridized carbons (Fsp3) is 0.600. The number of ether oxygens (including phenoxy) is 3. The molecule has 16 nitrogen and oxygen atoms in total. The summed E-state index contributed by atoms with van der Waals surface area (Å²) in [5.74, 6) is 3.77. The van der Waals surface area contributed by atoms with E-state index in [1.165, 1.54) is 22.3 Å². The van der Waals surface area contributed by atoms with E-state index in [1.54, 1.807) is 4.90 Å². The van der Waals surface area contributed by atoms with Crippen molar-refractivity contribution >= 4 is 46.9 Å². The molecule has 4 N–H and O–H groups in total. The largest absolute Gasteiger partial charge is 0.483 e. The SMILES string of the molecule is CC(=O)O.CC(C)c1cc2c(cc1C1CCN(C(=O)OC(C)(C)C)CC1)N1C(=NNC(=O)C1C)CO2.CC(C)c1cc2c(cc1C1CCNCC1)N1C(=NNC(=O)C1C)CO2. The molecule has 2 aromatic carbocycles. The fourth-order valence-corrected chi connectivity index (χ4v) is 8.75. The van der Waals surface area contributed by atoms with Crippen molar-refractivity contribution in [2.45, 2.75) is 136 Å². The van der Waals surface area contributed by atoms with Gasteiger partial charge in [0.25, 0.3) is 17.8 Å². The first-order valence-corrected chi connectivity index (χ1v) is 21.6. The van der Waals surface area contributed by atoms with Gasteiger partial charge < -0.3 is 39.3 Å². The highest BCUT2D eigenvalue weighted by atomic mass is 16.6. The number of amides is 3. The molecule has 0 bridgehead atoms. The molecule has 2 atom stereocenters. The van der Waals surface area contributed by atoms with E-state index in [9.17, 15) is 14.4 Å². The number of hydrogen-bond acceptors (Lipinski definition) is 12. The number of hydrazone groups is 2. The normalized spacial score (nSPS) is 21.3. The molecule has 16 heteroatoms. The predicted octanol–water partition coefficient (Wildman–Crippen LogP) is 6.35. The average molecular weight is 845 g/mol. The number of nitrogens with zero attached hydrogens (tertiary/aromatic N) is 5. The van der Waals surface area contributed by atoms with Crippen LogP contribution in [0.15, 0.2) is 34.5 Å². The summed E-state index contributed by atoms with van der Waals surface area (Å²) in [6, 6.07) is 8.13. The van der Waals surface area contributed by atoms with Crippen LogP contribution in [0.4, 0.5) is 16.2 Å². The zero-order valence-electron chi connectivity index (χ0n) is 37.4. The van der Waals surface area contributed by atoms with Gasteiger partial charge in [0.1, 0.15) is 42.4 Å². The molecule has 332 valence electrons. The number of piperidine rings is 2. The topological polar surface area (TPSA) is 187 Å². The molecule has 0 aliphatic carbocycles. The van der Waals surface area contributed by atoms with Crippen LogP contribution < -0.4 is 35.4 Å². The number of carboxylic acids is 1. The van der Waals surface area contributed by atoms with Gasteiger partial charge in [-0.05, 0) is 144 Å². The minimum Gasteiger partial charge on any atom is -0.483 e. The minimum absolute atomic E-state index is 0.0760. The second kappa shape index (κ2) is 18.7. The van der Waals surface area contributed by atoms with Crippen LogP contribution in [0.3, 0.4) is 0 Å². The van der Waals surface area contributed by atoms with Crippen LogP contribution >= 0.6 is 0 Å². The lowest BCUT2D eigenvalue weighted by molar-refractivity contribution is -0.134. The molecule has 2 saturated heterocycles. The number of nitrogens with one attached hydrogen (secondary N) is 3. The Bertz CT molecular complexity index is 2040. The molecule has 6 heterocycles. The molecule has 61 heavy (non-hydrogen) atoms. The van der Waals surface area contributed by atoms with Gasteiger partial charge in [0.05, 0.1) is 11.4 Å². The second-order valence-electron chi connectivity index (χ2n) is 18.2. The van der Waals surface area contributed by atoms with E-state index in [-0.39, 0.29) is 30.0 Å². The van der Waals surface area contributed by atoms with E-state index in [4.69, 9.17) is 24.1 Å². The first-order valence-electron chi connectivity index (χ1n) is 21.6. The van der Waals surface area contributed by atoms with Gasteiger partial charge in [-0.15, -0.1) is 0 Å². The zero-order valence-corrected chi connectivity index (χ0v) is 37.4. The average Bonchev–Trinajstić information content (AvgIpc) is 3.22. The summed E-state index contributed by atoms with van der Waals surface area (Å²) < 4.78 is 17.5. The van der Waals surface area contributed by atoms with Gasteiger partial charge in [0, 0.05) is 20.0 Å². The Morgan fingerprint density at radius 3 is 1.56 bits per heavy atom. The van der Waals surface area contributed by atoms with Crippen LogP contribution in [0.2, 0.25) is 0 Å². The third kappa shape index (κ3) is 10.2. The smallest absolute Gasteiger partial charge is 0.410 e. The van der Waals surface area contributed by atoms with Crippen molar-refractivity contribution in [2.75, 3.05) is 49.2 Å². The van der Waals surface area contributed by atoms with Gasteiger partial charge in [0.15, 0.2) is 11.7 Å². The summed E-state index contributed by atoms with van der Waals surface area (Å²) in [4.78, 5) is 51.7. The lowest BCUT2D eigenvalue weighted by atomic mass is 9.82. The number of anilines is 2. The van der Waals surface area contributed by atoms with Crippen molar-refractivity contribution in [2.24, 2.45) is 10.2 Å². The molecule has 0 radical (unpaired) electrons. The molecule has 3 amide bonds. The Morgan fingerprint density at radius 2 is 1.16 bits per heavy atom. The standard InChI is InChI=1S/C24H34N4O4.C19H26N4O2.C2H4O2/c1-14(2)17-12-20-19(28-15(3)22(29)26-25-21(28)13-31-20)11-18(17)16-7-9-27(10-8-16)23(30)32-24(4,5)6;1-11(2)14-9-17-16(8-15(14)13-4-6-20-7-5-13)23-12(3)19(24)22-21-18(23)10-25-17;1-2(3)4/h11-12,14-16H,7-10,13H2,1-6H3,(H,26,29);8-9,11-13,20H,4-7,10H2,1-3H3,(H,22,24);1H3,(H,3,4). The van der Waals surface area contributed by atoms with E-state index >= 15 is 0 Å². The van der Waals surface area contributed by atoms with Gasteiger partial charge in [0.2, 0.25) is 0 Å². The van der Waals surface area contributed by atoms with Gasteiger partial charge in [-0.2, -0.15) is 10.2 Å². The van der Waals surface area contributed by atoms with Crippen molar-refractivity contribution < 1.29 is 38.5 Å². The highest BCUT2D eigenvalue weighted by Gasteiger charge is 2.39. The zero-order chi connectivity index (χ0) is 44.3. The Hall–Kier alpha value is -5.38. The number of aliphatic carboxylic acids is 1. The molecule has 0 saturated carbocycles. The van der Waals surface area contributed by atoms with Gasteiger partial charge in [-0.25, -0.2) is 15.6 Å². The van der Waals surface area contributed by atoms with E-state index in [0.29, 0.717) is 55.8 Å². The van der Waals surface area contributed by atoms with Crippen molar-refractivity contribution in [1.29, 1.82) is 0 Å². The maximum atomic E-state index is 12.5. The van der Waals surface area contributed by atoms with Gasteiger partial charge in [-0.3, -0.25) is 14.4 Å². The maximum Gasteiger partial charge on any atom is 0.410 e. The second-order valence-corrected chi connectivity index (χ2v) is 18.2. The summed E-state index contributed by atoms with van der Waals surface area (Å²) >= 11 is 0. The van der Waals surface area contributed by atoms with Crippen molar-refractivity contribution in [1.82, 2.24) is 21.1 Å². The summed E-state index contributed by atoms with van der Waals surface area (Å²) in [7, 11) is 0. The predicted molar refractivity (Wildman–Crippen MR) is 235 cm³/mol. The van der Waals surface area contributed by atoms with Crippen LogP contribution in [-0.2, 0) is 19.1 Å². The van der Waals surface area contributed by atoms with Crippen LogP contribution in [0.25, 0.3) is 0 Å². The van der Waals surface area contributed by atoms with E-state index < -0.39 is 11.6 Å². The Morgan fingerprint density at radius 1 is 0.754 bits per heavy atom. The number of rotatable bonds is 4. The lowest BCUT2D eigenvalue weighted by Gasteiger charge is -2.40. The first kappa shape index (κ1) is 45.2. The highest BCUT2D eigenvalue weighted by Crippen LogP contribution is 2.45. The molecule has 6 aliphatic rings. The molecule has 0 spiro atoms. The number of likely N-dealkylation sites (tertiary alicyclic amines) is 1. The number of carbonyl (C=O) groups excluding carboxylic acids is 3. The van der Waals surface area contributed by atoms with E-state index in [0.717, 1.165) is 74.4 Å². The van der Waals surface area contributed by atoms with Crippen LogP contribution in [-0.4, -0.2) is 103 Å². The monoisotopic (exact) mass is 844 g/mol. The molecule has 2 aromatic rings. The number of amidine groups is 2. The number of fused-ring (bicyclic) bond motifs is 6. The van der Waals surface area contributed by atoms with Gasteiger partial charge in [-0.1, -0.05) is 27.7 Å². The molecule has 2 fully saturated rings. The summed E-state index contributed by atoms with van der Waals surface area (Å²) in [6.45, 7) is 23.6. The van der Waals surface area contributed by atoms with Crippen molar-refractivity contribution in [3.63, 3.8) is 0 Å². The number of benzene rings is 2. The fourth-order valence-electron chi connectivity index (χ4n) is 8.75. The van der Waals surface area contributed by atoms with Crippen LogP contribution in [0.5, 0.6) is 11.5 Å². The quantitative estimate of drug-likeness (QED) is 0.269. The summed E-state index contributed by atoms with van der Waals surface area (Å²) in [5.41, 5.74) is 11.8. The first-order chi connectivity index (χ1) is 28.8. The molecular formula is C45H64N8O8. The van der Waals surface area contributed by atoms with Crippen molar-refractivity contribution in [3.05, 3.63) is 46.5 Å². The maximum absolute atomic E-state index is 12.5. The van der Waals surface area contributed by atoms with Crippen LogP contribution in [0, 0.1) is 0 Å². The van der Waals surface area contributed by atoms with E-state index in [1.807, 2.05) is 44.4 Å². The Balaban J connectivity index is 0.000000192. The third-order valence-electron chi connectivity index (χ3n) is 11.9. The lowest BCUT2D eigenvalue weighted by Crippen LogP contribution is -2.55. The third-order valence-corrected chi connectivity index (χ3v) is 11.9. The molecule has 0 aromatic heterocycles. The summed E-state index contributed by atoms with van der Waals surface area (Å²) in [6.07, 6.45) is 3.80. The van der Waals surface area contributed by atoms with Crippen molar-refractivity contribution in [3.8, 4) is 11.5 Å². The molecule has 2 unspecified atom stereocenters. The molecule has 6 aliphatic heterocycles. The number of hydrogen-bond donors (Lipinski definition) is 4. The Labute approximate surface area is 359 Å². The molecular weight excluding hydrogens is 781 g/mol. The minimum atomic E-state index is -0.833. The van der Waals surface area contributed by atoms with Crippen LogP contribution in [0.1, 0.15) is 141 Å². The highest BCUT2D eigenvalue weighted by molar-refractivity contribution is 6.10.